The van der Waals surface area contributed by atoms with E-state index >= 15 is 0 Å². The Kier molecular flexibility index (Phi) is 6.56. The van der Waals surface area contributed by atoms with Crippen molar-refractivity contribution < 1.29 is 9.53 Å². The average Bonchev–Trinajstić information content (AvgIpc) is 2.81. The summed E-state index contributed by atoms with van der Waals surface area (Å²) in [7, 11) is 3.80. The van der Waals surface area contributed by atoms with E-state index in [1.165, 1.54) is 5.69 Å². The number of nitrogens with two attached hydrogens (primary N) is 1. The van der Waals surface area contributed by atoms with Gasteiger partial charge in [0.05, 0.1) is 12.8 Å². The number of ether oxygens (including phenoxy) is 1. The molecule has 32 heavy (non-hydrogen) atoms. The highest BCUT2D eigenvalue weighted by Gasteiger charge is 2.15. The molecular formula is C25H29N5O2. The first-order valence-corrected chi connectivity index (χ1v) is 10.7. The van der Waals surface area contributed by atoms with Crippen molar-refractivity contribution in [3.63, 3.8) is 0 Å². The fourth-order valence-electron chi connectivity index (χ4n) is 3.85. The summed E-state index contributed by atoms with van der Waals surface area (Å²) in [6.45, 7) is 4.17. The summed E-state index contributed by atoms with van der Waals surface area (Å²) in [5.41, 5.74) is 10.6. The number of nitrogens with zero attached hydrogens (tertiary/aromatic N) is 3. The molecule has 0 radical (unpaired) electrons. The first kappa shape index (κ1) is 21.6. The van der Waals surface area contributed by atoms with Gasteiger partial charge in [-0.05, 0) is 67.1 Å². The van der Waals surface area contributed by atoms with Crippen LogP contribution >= 0.6 is 0 Å². The summed E-state index contributed by atoms with van der Waals surface area (Å²) in [6.07, 6.45) is 2.39. The van der Waals surface area contributed by atoms with E-state index in [-0.39, 0.29) is 5.69 Å². The molecule has 1 amide bonds. The molecule has 1 fully saturated rings. The van der Waals surface area contributed by atoms with Crippen LogP contribution in [0.5, 0.6) is 5.75 Å². The van der Waals surface area contributed by atoms with Crippen LogP contribution in [-0.4, -0.2) is 56.1 Å². The predicted octanol–water partition coefficient (Wildman–Crippen LogP) is 3.28. The third-order valence-electron chi connectivity index (χ3n) is 5.76. The second-order valence-corrected chi connectivity index (χ2v) is 8.09. The second kappa shape index (κ2) is 9.70. The Morgan fingerprint density at radius 2 is 1.72 bits per heavy atom. The molecule has 0 aliphatic carbocycles. The van der Waals surface area contributed by atoms with E-state index in [4.69, 9.17) is 10.5 Å². The number of likely N-dealkylation sites (N-methyl/N-ethyl adjacent to an activating group) is 1. The normalized spacial score (nSPS) is 14.2. The van der Waals surface area contributed by atoms with Crippen molar-refractivity contribution in [2.45, 2.75) is 6.42 Å². The Bertz CT molecular complexity index is 1060. The third kappa shape index (κ3) is 5.18. The Balaban J connectivity index is 1.51. The van der Waals surface area contributed by atoms with E-state index in [0.29, 0.717) is 12.1 Å². The van der Waals surface area contributed by atoms with Crippen LogP contribution in [0.2, 0.25) is 0 Å². The quantitative estimate of drug-likeness (QED) is 0.597. The molecule has 0 bridgehead atoms. The first-order valence-electron chi connectivity index (χ1n) is 10.7. The van der Waals surface area contributed by atoms with E-state index in [9.17, 15) is 4.79 Å². The van der Waals surface area contributed by atoms with Gasteiger partial charge >= 0.3 is 0 Å². The van der Waals surface area contributed by atoms with Gasteiger partial charge in [-0.3, -0.25) is 4.79 Å². The zero-order valence-corrected chi connectivity index (χ0v) is 18.5. The highest BCUT2D eigenvalue weighted by Crippen LogP contribution is 2.25. The van der Waals surface area contributed by atoms with Crippen molar-refractivity contribution in [2.75, 3.05) is 50.6 Å². The molecule has 0 atom stereocenters. The van der Waals surface area contributed by atoms with Crippen molar-refractivity contribution in [3.8, 4) is 5.75 Å². The molecule has 166 valence electrons. The van der Waals surface area contributed by atoms with Crippen molar-refractivity contribution in [3.05, 3.63) is 77.6 Å². The van der Waals surface area contributed by atoms with E-state index in [1.807, 2.05) is 42.5 Å². The molecule has 3 N–H and O–H groups in total. The van der Waals surface area contributed by atoms with Crippen LogP contribution in [0, 0.1) is 0 Å². The lowest BCUT2D eigenvalue weighted by molar-refractivity contribution is 0.0996. The zero-order chi connectivity index (χ0) is 22.5. The van der Waals surface area contributed by atoms with E-state index in [2.05, 4.69) is 39.3 Å². The number of aromatic nitrogens is 1. The molecule has 0 spiro atoms. The molecule has 7 heteroatoms. The number of benzene rings is 2. The van der Waals surface area contributed by atoms with E-state index < -0.39 is 5.91 Å². The van der Waals surface area contributed by atoms with Gasteiger partial charge in [-0.1, -0.05) is 12.1 Å². The van der Waals surface area contributed by atoms with Gasteiger partial charge in [0.1, 0.15) is 5.75 Å². The highest BCUT2D eigenvalue weighted by molar-refractivity contribution is 5.97. The number of hydrogen-bond acceptors (Lipinski definition) is 6. The summed E-state index contributed by atoms with van der Waals surface area (Å²) in [4.78, 5) is 21.0. The highest BCUT2D eigenvalue weighted by atomic mass is 16.5. The summed E-state index contributed by atoms with van der Waals surface area (Å²) in [6, 6.07) is 18.1. The Labute approximate surface area is 188 Å². The Morgan fingerprint density at radius 1 is 1.03 bits per heavy atom. The minimum absolute atomic E-state index is 0.228. The van der Waals surface area contributed by atoms with Gasteiger partial charge < -0.3 is 25.6 Å². The fourth-order valence-corrected chi connectivity index (χ4v) is 3.85. The van der Waals surface area contributed by atoms with Crippen LogP contribution in [0.3, 0.4) is 0 Å². The van der Waals surface area contributed by atoms with Crippen molar-refractivity contribution in [2.24, 2.45) is 5.73 Å². The lowest BCUT2D eigenvalue weighted by Gasteiger charge is -2.34. The maximum atomic E-state index is 11.9. The molecule has 4 rings (SSSR count). The number of primary amides is 1. The third-order valence-corrected chi connectivity index (χ3v) is 5.76. The van der Waals surface area contributed by atoms with Crippen molar-refractivity contribution in [1.82, 2.24) is 9.88 Å². The summed E-state index contributed by atoms with van der Waals surface area (Å²) >= 11 is 0. The zero-order valence-electron chi connectivity index (χ0n) is 18.5. The number of hydrogen-bond donors (Lipinski definition) is 2. The molecule has 3 aromatic rings. The van der Waals surface area contributed by atoms with Gasteiger partial charge in [0.2, 0.25) is 0 Å². The number of nitrogens with one attached hydrogen (secondary N) is 1. The van der Waals surface area contributed by atoms with Crippen molar-refractivity contribution >= 4 is 23.0 Å². The largest absolute Gasteiger partial charge is 0.497 e. The minimum atomic E-state index is -0.558. The predicted molar refractivity (Wildman–Crippen MR) is 128 cm³/mol. The summed E-state index contributed by atoms with van der Waals surface area (Å²) in [5, 5.41) is 3.33. The monoisotopic (exact) mass is 431 g/mol. The lowest BCUT2D eigenvalue weighted by atomic mass is 10.1. The number of anilines is 3. The molecule has 2 aromatic carbocycles. The molecule has 2 heterocycles. The average molecular weight is 432 g/mol. The van der Waals surface area contributed by atoms with Crippen molar-refractivity contribution in [1.29, 1.82) is 0 Å². The van der Waals surface area contributed by atoms with Gasteiger partial charge in [-0.15, -0.1) is 0 Å². The van der Waals surface area contributed by atoms with Gasteiger partial charge in [-0.25, -0.2) is 4.98 Å². The molecule has 1 aliphatic heterocycles. The van der Waals surface area contributed by atoms with Gasteiger partial charge in [-0.2, -0.15) is 0 Å². The van der Waals surface area contributed by atoms with Crippen LogP contribution in [-0.2, 0) is 6.42 Å². The first-order chi connectivity index (χ1) is 15.5. The van der Waals surface area contributed by atoms with Crippen LogP contribution in [0.4, 0.5) is 17.1 Å². The number of methoxy groups -OCH3 is 1. The van der Waals surface area contributed by atoms with Gasteiger partial charge in [0.15, 0.2) is 5.69 Å². The minimum Gasteiger partial charge on any atom is -0.497 e. The van der Waals surface area contributed by atoms with E-state index in [0.717, 1.165) is 48.7 Å². The Hall–Kier alpha value is -3.58. The molecule has 0 unspecified atom stereocenters. The fraction of sp³-hybridized carbons (Fsp3) is 0.280. The van der Waals surface area contributed by atoms with Gasteiger partial charge in [0, 0.05) is 43.8 Å². The number of pyridine rings is 1. The van der Waals surface area contributed by atoms with Crippen LogP contribution in [0.15, 0.2) is 60.8 Å². The number of carbonyl (C=O) groups is 1. The van der Waals surface area contributed by atoms with Crippen LogP contribution in [0.25, 0.3) is 0 Å². The maximum absolute atomic E-state index is 11.9. The number of rotatable bonds is 7. The smallest absolute Gasteiger partial charge is 0.269 e. The standard InChI is InChI=1S/C25H29N5O2/c1-29-11-13-30(14-12-29)21-7-5-20(6-8-21)28-23-16-19(17-27-24(23)25(26)31)15-18-3-9-22(32-2)10-4-18/h3-10,16-17,28H,11-15H2,1-2H3,(H2,26,31). The second-order valence-electron chi connectivity index (χ2n) is 8.09. The topological polar surface area (TPSA) is 83.7 Å². The molecule has 1 aliphatic rings. The molecule has 7 nitrogen and oxygen atoms in total. The molecule has 1 aromatic heterocycles. The lowest BCUT2D eigenvalue weighted by Crippen LogP contribution is -2.44. The summed E-state index contributed by atoms with van der Waals surface area (Å²) in [5.74, 6) is 0.260. The number of amides is 1. The molecular weight excluding hydrogens is 402 g/mol. The molecule has 1 saturated heterocycles. The maximum Gasteiger partial charge on any atom is 0.269 e. The van der Waals surface area contributed by atoms with Crippen LogP contribution < -0.4 is 20.7 Å². The number of piperazine rings is 1. The Morgan fingerprint density at radius 3 is 2.34 bits per heavy atom. The van der Waals surface area contributed by atoms with Gasteiger partial charge in [0.25, 0.3) is 5.91 Å². The van der Waals surface area contributed by atoms with Crippen LogP contribution in [0.1, 0.15) is 21.6 Å². The SMILES string of the molecule is COc1ccc(Cc2cnc(C(N)=O)c(Nc3ccc(N4CCN(C)CC4)cc3)c2)cc1. The summed E-state index contributed by atoms with van der Waals surface area (Å²) < 4.78 is 5.22. The molecule has 0 saturated carbocycles. The van der Waals surface area contributed by atoms with E-state index in [1.54, 1.807) is 13.3 Å². The number of carbonyl (C=O) groups excluding carboxylic acids is 1.